The number of ether oxygens (including phenoxy) is 1. The van der Waals surface area contributed by atoms with Gasteiger partial charge in [0.2, 0.25) is 0 Å². The molecule has 5 heteroatoms. The number of nitrogens with zero attached hydrogens (tertiary/aromatic N) is 1. The zero-order valence-corrected chi connectivity index (χ0v) is 9.62. The topological polar surface area (TPSA) is 81.0 Å². The van der Waals surface area contributed by atoms with E-state index in [-0.39, 0.29) is 17.5 Å². The van der Waals surface area contributed by atoms with Gasteiger partial charge in [0.15, 0.2) is 0 Å². The van der Waals surface area contributed by atoms with E-state index in [0.29, 0.717) is 31.0 Å². The number of aromatic nitrogens is 2. The highest BCUT2D eigenvalue weighted by atomic mass is 16.5. The van der Waals surface area contributed by atoms with Gasteiger partial charge in [-0.1, -0.05) is 13.8 Å². The maximum Gasteiger partial charge on any atom is 0.256 e. The molecule has 1 aromatic rings. The molecule has 0 bridgehead atoms. The van der Waals surface area contributed by atoms with Crippen LogP contribution < -0.4 is 11.3 Å². The maximum atomic E-state index is 11.8. The number of H-pyrrole nitrogens is 1. The first-order valence-electron chi connectivity index (χ1n) is 5.55. The molecule has 1 aliphatic rings. The minimum Gasteiger partial charge on any atom is -0.376 e. The summed E-state index contributed by atoms with van der Waals surface area (Å²) in [4.78, 5) is 19.0. The smallest absolute Gasteiger partial charge is 0.256 e. The lowest BCUT2D eigenvalue weighted by Crippen LogP contribution is -2.29. The Kier molecular flexibility index (Phi) is 3.07. The summed E-state index contributed by atoms with van der Waals surface area (Å²) < 4.78 is 5.23. The van der Waals surface area contributed by atoms with Gasteiger partial charge in [0.05, 0.1) is 30.5 Å². The lowest BCUT2D eigenvalue weighted by molar-refractivity contribution is 0.107. The zero-order chi connectivity index (χ0) is 11.7. The number of hydrogen-bond donors (Lipinski definition) is 2. The van der Waals surface area contributed by atoms with Crippen LogP contribution in [-0.4, -0.2) is 16.6 Å². The van der Waals surface area contributed by atoms with E-state index < -0.39 is 0 Å². The van der Waals surface area contributed by atoms with E-state index in [2.05, 4.69) is 9.97 Å². The first-order chi connectivity index (χ1) is 7.59. The third kappa shape index (κ3) is 2.01. The second kappa shape index (κ2) is 4.35. The number of nitrogens with one attached hydrogen (secondary N) is 1. The maximum absolute atomic E-state index is 11.8. The third-order valence-electron chi connectivity index (χ3n) is 2.88. The van der Waals surface area contributed by atoms with Gasteiger partial charge in [0, 0.05) is 6.42 Å². The van der Waals surface area contributed by atoms with Crippen LogP contribution in [0.4, 0.5) is 0 Å². The fourth-order valence-corrected chi connectivity index (χ4v) is 1.74. The van der Waals surface area contributed by atoms with Crippen LogP contribution in [0.3, 0.4) is 0 Å². The number of hydrogen-bond acceptors (Lipinski definition) is 4. The Hall–Kier alpha value is -1.20. The lowest BCUT2D eigenvalue weighted by atomic mass is 10.0. The molecule has 88 valence electrons. The SMILES string of the molecule is CC(C)C(N)c1nc2c(c(=O)[nH]1)COCC2. The molecule has 1 atom stereocenters. The molecule has 16 heavy (non-hydrogen) atoms. The second-order valence-corrected chi connectivity index (χ2v) is 4.45. The Morgan fingerprint density at radius 3 is 2.94 bits per heavy atom. The standard InChI is InChI=1S/C11H17N3O2/c1-6(2)9(12)10-13-8-3-4-16-5-7(8)11(15)14-10/h6,9H,3-5,12H2,1-2H3,(H,13,14,15). The monoisotopic (exact) mass is 223 g/mol. The molecule has 0 aliphatic carbocycles. The van der Waals surface area contributed by atoms with Gasteiger partial charge in [-0.25, -0.2) is 4.98 Å². The van der Waals surface area contributed by atoms with Gasteiger partial charge < -0.3 is 15.5 Å². The third-order valence-corrected chi connectivity index (χ3v) is 2.88. The molecule has 3 N–H and O–H groups in total. The van der Waals surface area contributed by atoms with Crippen molar-refractivity contribution < 1.29 is 4.74 Å². The summed E-state index contributed by atoms with van der Waals surface area (Å²) in [6, 6.07) is -0.221. The van der Waals surface area contributed by atoms with Crippen molar-refractivity contribution in [2.24, 2.45) is 11.7 Å². The van der Waals surface area contributed by atoms with E-state index in [1.165, 1.54) is 0 Å². The summed E-state index contributed by atoms with van der Waals surface area (Å²) in [6.07, 6.45) is 0.692. The largest absolute Gasteiger partial charge is 0.376 e. The van der Waals surface area contributed by atoms with Gasteiger partial charge in [0.1, 0.15) is 5.82 Å². The number of rotatable bonds is 2. The highest BCUT2D eigenvalue weighted by Crippen LogP contribution is 2.16. The van der Waals surface area contributed by atoms with Crippen molar-refractivity contribution in [2.75, 3.05) is 6.61 Å². The first kappa shape index (κ1) is 11.3. The average molecular weight is 223 g/mol. The quantitative estimate of drug-likeness (QED) is 0.765. The lowest BCUT2D eigenvalue weighted by Gasteiger charge is -2.19. The molecule has 2 rings (SSSR count). The highest BCUT2D eigenvalue weighted by molar-refractivity contribution is 5.20. The first-order valence-corrected chi connectivity index (χ1v) is 5.55. The van der Waals surface area contributed by atoms with Gasteiger partial charge in [-0.2, -0.15) is 0 Å². The fraction of sp³-hybridized carbons (Fsp3) is 0.636. The Balaban J connectivity index is 2.43. The minimum absolute atomic E-state index is 0.115. The molecular formula is C11H17N3O2. The van der Waals surface area contributed by atoms with E-state index in [1.807, 2.05) is 13.8 Å². The van der Waals surface area contributed by atoms with Crippen molar-refractivity contribution in [3.05, 3.63) is 27.4 Å². The molecule has 0 spiro atoms. The van der Waals surface area contributed by atoms with Gasteiger partial charge in [-0.15, -0.1) is 0 Å². The van der Waals surface area contributed by atoms with Crippen LogP contribution in [-0.2, 0) is 17.8 Å². The summed E-state index contributed by atoms with van der Waals surface area (Å²) >= 11 is 0. The number of nitrogens with two attached hydrogens (primary N) is 1. The van der Waals surface area contributed by atoms with E-state index >= 15 is 0 Å². The van der Waals surface area contributed by atoms with Crippen molar-refractivity contribution in [1.82, 2.24) is 9.97 Å². The van der Waals surface area contributed by atoms with Gasteiger partial charge in [-0.05, 0) is 5.92 Å². The van der Waals surface area contributed by atoms with Crippen LogP contribution >= 0.6 is 0 Å². The minimum atomic E-state index is -0.221. The van der Waals surface area contributed by atoms with E-state index in [0.717, 1.165) is 5.69 Å². The molecule has 0 fully saturated rings. The summed E-state index contributed by atoms with van der Waals surface area (Å²) in [5.41, 5.74) is 7.34. The van der Waals surface area contributed by atoms with E-state index in [4.69, 9.17) is 10.5 Å². The Labute approximate surface area is 94.0 Å². The van der Waals surface area contributed by atoms with E-state index in [1.54, 1.807) is 0 Å². The fourth-order valence-electron chi connectivity index (χ4n) is 1.74. The van der Waals surface area contributed by atoms with E-state index in [9.17, 15) is 4.79 Å². The zero-order valence-electron chi connectivity index (χ0n) is 9.62. The van der Waals surface area contributed by atoms with Crippen LogP contribution in [0.2, 0.25) is 0 Å². The molecule has 2 heterocycles. The molecule has 0 amide bonds. The molecule has 1 unspecified atom stereocenters. The second-order valence-electron chi connectivity index (χ2n) is 4.45. The van der Waals surface area contributed by atoms with Crippen LogP contribution in [0, 0.1) is 5.92 Å². The molecule has 0 radical (unpaired) electrons. The summed E-state index contributed by atoms with van der Waals surface area (Å²) in [5.74, 6) is 0.835. The molecule has 5 nitrogen and oxygen atoms in total. The van der Waals surface area contributed by atoms with Crippen molar-refractivity contribution >= 4 is 0 Å². The molecule has 1 aliphatic heterocycles. The molecule has 1 aromatic heterocycles. The Morgan fingerprint density at radius 2 is 2.25 bits per heavy atom. The van der Waals surface area contributed by atoms with Crippen LogP contribution in [0.25, 0.3) is 0 Å². The van der Waals surface area contributed by atoms with Gasteiger partial charge >= 0.3 is 0 Å². The van der Waals surface area contributed by atoms with Crippen molar-refractivity contribution in [1.29, 1.82) is 0 Å². The Bertz CT molecular complexity index is 439. The molecule has 0 aromatic carbocycles. The molecule has 0 saturated carbocycles. The predicted octanol–water partition coefficient (Wildman–Crippen LogP) is 0.498. The van der Waals surface area contributed by atoms with Crippen molar-refractivity contribution in [3.63, 3.8) is 0 Å². The summed E-state index contributed by atoms with van der Waals surface area (Å²) in [7, 11) is 0. The molecular weight excluding hydrogens is 206 g/mol. The average Bonchev–Trinajstić information content (AvgIpc) is 2.28. The highest BCUT2D eigenvalue weighted by Gasteiger charge is 2.19. The van der Waals surface area contributed by atoms with Crippen LogP contribution in [0.15, 0.2) is 4.79 Å². The number of fused-ring (bicyclic) bond motifs is 1. The summed E-state index contributed by atoms with van der Waals surface area (Å²) in [6.45, 7) is 5.00. The van der Waals surface area contributed by atoms with Crippen molar-refractivity contribution in [3.8, 4) is 0 Å². The number of aromatic amines is 1. The summed E-state index contributed by atoms with van der Waals surface area (Å²) in [5, 5.41) is 0. The van der Waals surface area contributed by atoms with Crippen molar-refractivity contribution in [2.45, 2.75) is 32.9 Å². The predicted molar refractivity (Wildman–Crippen MR) is 60.0 cm³/mol. The molecule has 0 saturated heterocycles. The normalized spacial score (nSPS) is 17.2. The Morgan fingerprint density at radius 1 is 1.50 bits per heavy atom. The van der Waals surface area contributed by atoms with Gasteiger partial charge in [-0.3, -0.25) is 4.79 Å². The van der Waals surface area contributed by atoms with Crippen LogP contribution in [0.1, 0.15) is 37.0 Å². The van der Waals surface area contributed by atoms with Gasteiger partial charge in [0.25, 0.3) is 5.56 Å². The van der Waals surface area contributed by atoms with Crippen LogP contribution in [0.5, 0.6) is 0 Å².